The van der Waals surface area contributed by atoms with Crippen LogP contribution in [0.4, 0.5) is 0 Å². The minimum absolute atomic E-state index is 0.118. The Morgan fingerprint density at radius 3 is 1.88 bits per heavy atom. The lowest BCUT2D eigenvalue weighted by Gasteiger charge is -2.50. The summed E-state index contributed by atoms with van der Waals surface area (Å²) < 4.78 is 15.4. The third kappa shape index (κ3) is 6.15. The van der Waals surface area contributed by atoms with E-state index >= 15 is 0 Å². The van der Waals surface area contributed by atoms with Crippen molar-refractivity contribution < 1.29 is 8.83 Å². The van der Waals surface area contributed by atoms with Crippen LogP contribution in [-0.2, 0) is 0 Å². The first kappa shape index (κ1) is 38.5. The molecule has 2 aliphatic rings. The molecule has 0 N–H and O–H groups in total. The molecule has 0 radical (unpaired) electrons. The monoisotopic (exact) mass is 868 g/mol. The van der Waals surface area contributed by atoms with Crippen molar-refractivity contribution in [1.82, 2.24) is 19.5 Å². The minimum atomic E-state index is 0.118. The number of thioether (sulfide) groups is 1. The van der Waals surface area contributed by atoms with Crippen molar-refractivity contribution in [1.29, 1.82) is 0 Å². The molecule has 0 spiro atoms. The minimum Gasteiger partial charge on any atom is -0.456 e. The van der Waals surface area contributed by atoms with Gasteiger partial charge >= 0.3 is 0 Å². The molecule has 4 aromatic heterocycles. The van der Waals surface area contributed by atoms with E-state index in [0.717, 1.165) is 82.4 Å². The molecule has 6 nitrogen and oxygen atoms in total. The fraction of sp³-hybridized carbons (Fsp3) is 0.0678. The van der Waals surface area contributed by atoms with E-state index in [9.17, 15) is 0 Å². The van der Waals surface area contributed by atoms with Crippen LogP contribution in [0, 0.1) is 0 Å². The number of para-hydroxylation sites is 2. The summed E-state index contributed by atoms with van der Waals surface area (Å²) in [5.41, 5.74) is 10.8. The Morgan fingerprint density at radius 2 is 1.06 bits per heavy atom. The third-order valence-corrected chi connectivity index (χ3v) is 15.0. The smallest absolute Gasteiger partial charge is 0.164 e. The van der Waals surface area contributed by atoms with Gasteiger partial charge in [-0.05, 0) is 59.2 Å². The highest BCUT2D eigenvalue weighted by Gasteiger charge is 2.57. The van der Waals surface area contributed by atoms with Gasteiger partial charge in [0.1, 0.15) is 22.3 Å². The Labute approximate surface area is 384 Å². The Morgan fingerprint density at radius 1 is 0.455 bits per heavy atom. The van der Waals surface area contributed by atoms with Gasteiger partial charge in [0.25, 0.3) is 0 Å². The summed E-state index contributed by atoms with van der Waals surface area (Å²) in [6.45, 7) is 9.14. The van der Waals surface area contributed by atoms with Crippen LogP contribution in [0.15, 0.2) is 208 Å². The van der Waals surface area contributed by atoms with Crippen LogP contribution in [0.2, 0.25) is 0 Å². The lowest BCUT2D eigenvalue weighted by Crippen LogP contribution is -2.51. The topological polar surface area (TPSA) is 69.9 Å². The molecule has 11 aromatic rings. The lowest BCUT2D eigenvalue weighted by molar-refractivity contribution is 0.220. The van der Waals surface area contributed by atoms with Crippen molar-refractivity contribution in [3.63, 3.8) is 0 Å². The zero-order valence-electron chi connectivity index (χ0n) is 35.7. The molecule has 1 aliphatic heterocycles. The number of rotatable bonds is 6. The molecule has 314 valence electrons. The van der Waals surface area contributed by atoms with Crippen molar-refractivity contribution in [2.45, 2.75) is 28.0 Å². The highest BCUT2D eigenvalue weighted by atomic mass is 32.2. The molecular weight excluding hydrogens is 829 g/mol. The lowest BCUT2D eigenvalue weighted by atomic mass is 9.62. The zero-order chi connectivity index (χ0) is 43.9. The van der Waals surface area contributed by atoms with Gasteiger partial charge in [-0.3, -0.25) is 0 Å². The van der Waals surface area contributed by atoms with Gasteiger partial charge in [-0.15, -0.1) is 11.8 Å². The summed E-state index contributed by atoms with van der Waals surface area (Å²) in [4.78, 5) is 16.9. The van der Waals surface area contributed by atoms with E-state index in [2.05, 4.69) is 139 Å². The number of benzene rings is 7. The summed E-state index contributed by atoms with van der Waals surface area (Å²) in [7, 11) is 0. The predicted octanol–water partition coefficient (Wildman–Crippen LogP) is 13.7. The van der Waals surface area contributed by atoms with Crippen molar-refractivity contribution in [2.75, 3.05) is 0 Å². The van der Waals surface area contributed by atoms with E-state index in [1.807, 2.05) is 84.6 Å². The molecule has 66 heavy (non-hydrogen) atoms. The summed E-state index contributed by atoms with van der Waals surface area (Å²) in [5, 5.41) is 6.39. The Bertz CT molecular complexity index is 3850. The molecular formula is C59H40N4O2S. The highest BCUT2D eigenvalue weighted by molar-refractivity contribution is 8.00. The summed E-state index contributed by atoms with van der Waals surface area (Å²) in [5.74, 6) is 2.24. The van der Waals surface area contributed by atoms with Crippen molar-refractivity contribution in [3.05, 3.63) is 216 Å². The summed E-state index contributed by atoms with van der Waals surface area (Å²) in [6, 6.07) is 67.3. The molecule has 4 atom stereocenters. The number of aromatic nitrogens is 4. The van der Waals surface area contributed by atoms with Crippen LogP contribution in [0.25, 0.3) is 102 Å². The second-order valence-electron chi connectivity index (χ2n) is 17.2. The highest BCUT2D eigenvalue weighted by Crippen LogP contribution is 2.67. The average molecular weight is 869 g/mol. The quantitative estimate of drug-likeness (QED) is 0.166. The molecule has 0 bridgehead atoms. The van der Waals surface area contributed by atoms with E-state index in [1.165, 1.54) is 16.0 Å². The van der Waals surface area contributed by atoms with Gasteiger partial charge in [0.2, 0.25) is 0 Å². The van der Waals surface area contributed by atoms with E-state index in [-0.39, 0.29) is 12.0 Å². The number of fused-ring (bicyclic) bond motifs is 9. The Balaban J connectivity index is 0.954. The number of hydrogen-bond donors (Lipinski definition) is 0. The largest absolute Gasteiger partial charge is 0.456 e. The van der Waals surface area contributed by atoms with Gasteiger partial charge in [-0.25, -0.2) is 15.0 Å². The van der Waals surface area contributed by atoms with E-state index < -0.39 is 0 Å². The van der Waals surface area contributed by atoms with Crippen molar-refractivity contribution >= 4 is 68.8 Å². The Hall–Kier alpha value is -8.00. The molecule has 1 aliphatic carbocycles. The molecule has 7 aromatic carbocycles. The number of furan rings is 2. The maximum atomic E-state index is 6.65. The standard InChI is InChI=1S/C59H40N4O2S/c1-35-16-6-3-4-7-17-36(2)63(35)54-51(53-44-21-11-13-27-50(44)66-56(53)54)40-32-33-48-46(34-40)52-45(24-15-26-49(52)64-48)59-61-57(38-18-8-5-9-19-38)60-58(62-59)39-30-28-37(29-31-39)41-22-14-23-43-42-20-10-12-25-47(42)65-55(41)43/h3-34,51,53-54,56H,1-2H2/t51?,53?,54?,56-/m1/s1. The first-order valence-corrected chi connectivity index (χ1v) is 23.2. The van der Waals surface area contributed by atoms with Gasteiger partial charge in [0.15, 0.2) is 17.5 Å². The van der Waals surface area contributed by atoms with Gasteiger partial charge in [-0.2, -0.15) is 0 Å². The van der Waals surface area contributed by atoms with Crippen LogP contribution in [-0.4, -0.2) is 24.8 Å². The summed E-state index contributed by atoms with van der Waals surface area (Å²) >= 11 is 1.98. The van der Waals surface area contributed by atoms with Crippen LogP contribution < -0.4 is 10.7 Å². The van der Waals surface area contributed by atoms with Gasteiger partial charge in [0, 0.05) is 76.5 Å². The zero-order valence-corrected chi connectivity index (χ0v) is 36.5. The number of nitrogens with zero attached hydrogens (tertiary/aromatic N) is 4. The van der Waals surface area contributed by atoms with E-state index in [1.54, 1.807) is 0 Å². The maximum absolute atomic E-state index is 6.65. The van der Waals surface area contributed by atoms with Crippen molar-refractivity contribution in [3.8, 4) is 45.3 Å². The van der Waals surface area contributed by atoms with E-state index in [4.69, 9.17) is 23.8 Å². The van der Waals surface area contributed by atoms with Crippen LogP contribution in [0.3, 0.4) is 0 Å². The van der Waals surface area contributed by atoms with Gasteiger partial charge < -0.3 is 13.4 Å². The third-order valence-electron chi connectivity index (χ3n) is 13.5. The van der Waals surface area contributed by atoms with Gasteiger partial charge in [-0.1, -0.05) is 165 Å². The maximum Gasteiger partial charge on any atom is 0.164 e. The molecule has 7 heteroatoms. The molecule has 3 unspecified atom stereocenters. The molecule has 13 rings (SSSR count). The van der Waals surface area contributed by atoms with Crippen LogP contribution in [0.5, 0.6) is 0 Å². The van der Waals surface area contributed by atoms with Crippen LogP contribution in [0.1, 0.15) is 29.0 Å². The fourth-order valence-corrected chi connectivity index (χ4v) is 12.1. The molecule has 0 saturated heterocycles. The van der Waals surface area contributed by atoms with Crippen LogP contribution >= 0.6 is 11.8 Å². The van der Waals surface area contributed by atoms with E-state index in [0.29, 0.717) is 28.6 Å². The summed E-state index contributed by atoms with van der Waals surface area (Å²) in [6.07, 6.45) is 0. The predicted molar refractivity (Wildman–Crippen MR) is 269 cm³/mol. The normalized spacial score (nSPS) is 17.5. The molecule has 1 saturated carbocycles. The SMILES string of the molecule is C=c1ccccccc(=C)n1C1C(c2ccc3oc4cccc(-c5nc(-c6ccccc6)nc(-c6ccc(-c7cccc8c7oc7ccccc78)cc6)n5)c4c3c2)C2c3ccccc3S[C@H]21. The first-order valence-electron chi connectivity index (χ1n) is 22.3. The fourth-order valence-electron chi connectivity index (χ4n) is 10.5. The average Bonchev–Trinajstić information content (AvgIpc) is 4.05. The second-order valence-corrected chi connectivity index (χ2v) is 18.4. The number of hydrogen-bond acceptors (Lipinski definition) is 6. The molecule has 5 heterocycles. The first-order chi connectivity index (χ1) is 32.6. The van der Waals surface area contributed by atoms with Crippen molar-refractivity contribution in [2.24, 2.45) is 0 Å². The second kappa shape index (κ2) is 15.3. The molecule has 1 fully saturated rings. The molecule has 0 amide bonds. The Kier molecular flexibility index (Phi) is 8.93. The van der Waals surface area contributed by atoms with Gasteiger partial charge in [0.05, 0.1) is 6.04 Å².